The molecule has 2 aromatic rings. The van der Waals surface area contributed by atoms with Crippen LogP contribution in [-0.2, 0) is 4.79 Å². The van der Waals surface area contributed by atoms with Crippen molar-refractivity contribution in [1.29, 1.82) is 0 Å². The van der Waals surface area contributed by atoms with E-state index in [-0.39, 0.29) is 10.7 Å². The molecule has 2 N–H and O–H groups in total. The number of carbonyl (C=O) groups is 1. The van der Waals surface area contributed by atoms with Gasteiger partial charge < -0.3 is 15.4 Å². The number of hydrogen-bond donors (Lipinski definition) is 1. The Hall–Kier alpha value is -2.01. The van der Waals surface area contributed by atoms with E-state index >= 15 is 0 Å². The van der Waals surface area contributed by atoms with Gasteiger partial charge in [-0.2, -0.15) is 0 Å². The molecular formula is C16H15BrN2O2. The SMILES string of the molecule is Nc1ccc(Oc2ccc(N3CC(Br)CC3=O)cc2)cc1. The summed E-state index contributed by atoms with van der Waals surface area (Å²) < 4.78 is 5.73. The standard InChI is InChI=1S/C16H15BrN2O2/c17-11-9-16(20)19(10-11)13-3-7-15(8-4-13)21-14-5-1-12(18)2-6-14/h1-8,11H,9-10,18H2. The van der Waals surface area contributed by atoms with Crippen LogP contribution in [0.1, 0.15) is 6.42 Å². The van der Waals surface area contributed by atoms with Gasteiger partial charge in [-0.15, -0.1) is 0 Å². The Bertz CT molecular complexity index is 640. The maximum Gasteiger partial charge on any atom is 0.228 e. The van der Waals surface area contributed by atoms with E-state index in [2.05, 4.69) is 15.9 Å². The summed E-state index contributed by atoms with van der Waals surface area (Å²) >= 11 is 3.48. The summed E-state index contributed by atoms with van der Waals surface area (Å²) in [7, 11) is 0. The first-order chi connectivity index (χ1) is 10.1. The monoisotopic (exact) mass is 346 g/mol. The zero-order valence-electron chi connectivity index (χ0n) is 11.3. The summed E-state index contributed by atoms with van der Waals surface area (Å²) in [6, 6.07) is 14.8. The smallest absolute Gasteiger partial charge is 0.228 e. The van der Waals surface area contributed by atoms with E-state index in [1.54, 1.807) is 17.0 Å². The van der Waals surface area contributed by atoms with E-state index in [0.717, 1.165) is 17.2 Å². The van der Waals surface area contributed by atoms with Crippen molar-refractivity contribution in [3.05, 3.63) is 48.5 Å². The summed E-state index contributed by atoms with van der Waals surface area (Å²) in [5.74, 6) is 1.60. The van der Waals surface area contributed by atoms with Crippen LogP contribution < -0.4 is 15.4 Å². The predicted molar refractivity (Wildman–Crippen MR) is 87.1 cm³/mol. The van der Waals surface area contributed by atoms with Crippen molar-refractivity contribution in [2.75, 3.05) is 17.2 Å². The third-order valence-electron chi connectivity index (χ3n) is 3.34. The van der Waals surface area contributed by atoms with Gasteiger partial charge in [0.1, 0.15) is 11.5 Å². The average molecular weight is 347 g/mol. The van der Waals surface area contributed by atoms with E-state index in [1.807, 2.05) is 36.4 Å². The number of ether oxygens (including phenoxy) is 1. The first-order valence-electron chi connectivity index (χ1n) is 6.70. The van der Waals surface area contributed by atoms with Gasteiger partial charge in [0.2, 0.25) is 5.91 Å². The maximum atomic E-state index is 11.8. The number of nitrogens with zero attached hydrogens (tertiary/aromatic N) is 1. The Morgan fingerprint density at radius 3 is 2.14 bits per heavy atom. The van der Waals surface area contributed by atoms with Crippen LogP contribution in [0.2, 0.25) is 0 Å². The molecule has 1 aliphatic rings. The van der Waals surface area contributed by atoms with Gasteiger partial charge in [-0.3, -0.25) is 4.79 Å². The van der Waals surface area contributed by atoms with E-state index in [9.17, 15) is 4.79 Å². The van der Waals surface area contributed by atoms with E-state index in [4.69, 9.17) is 10.5 Å². The Labute approximate surface area is 131 Å². The van der Waals surface area contributed by atoms with E-state index in [1.165, 1.54) is 0 Å². The normalized spacial score (nSPS) is 18.0. The molecule has 1 atom stereocenters. The molecule has 1 heterocycles. The van der Waals surface area contributed by atoms with E-state index in [0.29, 0.717) is 18.7 Å². The van der Waals surface area contributed by atoms with Gasteiger partial charge in [0.05, 0.1) is 0 Å². The molecule has 0 bridgehead atoms. The van der Waals surface area contributed by atoms with Crippen molar-refractivity contribution in [1.82, 2.24) is 0 Å². The highest BCUT2D eigenvalue weighted by molar-refractivity contribution is 9.09. The molecule has 1 unspecified atom stereocenters. The van der Waals surface area contributed by atoms with Crippen LogP contribution in [-0.4, -0.2) is 17.3 Å². The second kappa shape index (κ2) is 5.77. The highest BCUT2D eigenvalue weighted by Crippen LogP contribution is 2.28. The van der Waals surface area contributed by atoms with Crippen molar-refractivity contribution in [2.24, 2.45) is 0 Å². The van der Waals surface area contributed by atoms with Crippen molar-refractivity contribution >= 4 is 33.2 Å². The molecule has 2 aromatic carbocycles. The molecule has 3 rings (SSSR count). The number of halogens is 1. The van der Waals surface area contributed by atoms with Crippen LogP contribution in [0.4, 0.5) is 11.4 Å². The summed E-state index contributed by atoms with van der Waals surface area (Å²) in [4.78, 5) is 13.9. The zero-order chi connectivity index (χ0) is 14.8. The molecule has 0 radical (unpaired) electrons. The zero-order valence-corrected chi connectivity index (χ0v) is 12.9. The van der Waals surface area contributed by atoms with Gasteiger partial charge in [-0.25, -0.2) is 0 Å². The fourth-order valence-corrected chi connectivity index (χ4v) is 2.85. The molecule has 1 amide bonds. The molecule has 0 spiro atoms. The molecule has 1 aliphatic heterocycles. The Kier molecular flexibility index (Phi) is 3.84. The minimum absolute atomic E-state index is 0.143. The van der Waals surface area contributed by atoms with Crippen molar-refractivity contribution < 1.29 is 9.53 Å². The quantitative estimate of drug-likeness (QED) is 0.682. The van der Waals surface area contributed by atoms with Crippen LogP contribution >= 0.6 is 15.9 Å². The van der Waals surface area contributed by atoms with Gasteiger partial charge in [-0.05, 0) is 48.5 Å². The van der Waals surface area contributed by atoms with Gasteiger partial charge >= 0.3 is 0 Å². The molecule has 5 heteroatoms. The molecule has 0 saturated carbocycles. The summed E-state index contributed by atoms with van der Waals surface area (Å²) in [6.07, 6.45) is 0.545. The van der Waals surface area contributed by atoms with Crippen molar-refractivity contribution in [3.63, 3.8) is 0 Å². The molecule has 108 valence electrons. The number of benzene rings is 2. The number of hydrogen-bond acceptors (Lipinski definition) is 3. The lowest BCUT2D eigenvalue weighted by Crippen LogP contribution is -2.24. The van der Waals surface area contributed by atoms with Gasteiger partial charge in [0.25, 0.3) is 0 Å². The number of rotatable bonds is 3. The Morgan fingerprint density at radius 2 is 1.62 bits per heavy atom. The number of alkyl halides is 1. The summed E-state index contributed by atoms with van der Waals surface area (Å²) in [5.41, 5.74) is 7.24. The fraction of sp³-hybridized carbons (Fsp3) is 0.188. The van der Waals surface area contributed by atoms with Gasteiger partial charge in [-0.1, -0.05) is 15.9 Å². The molecular weight excluding hydrogens is 332 g/mol. The third kappa shape index (κ3) is 3.19. The van der Waals surface area contributed by atoms with Crippen LogP contribution in [0, 0.1) is 0 Å². The highest BCUT2D eigenvalue weighted by Gasteiger charge is 2.28. The molecule has 1 fully saturated rings. The van der Waals surface area contributed by atoms with E-state index < -0.39 is 0 Å². The number of nitrogen functional groups attached to an aromatic ring is 1. The second-order valence-electron chi connectivity index (χ2n) is 4.97. The lowest BCUT2D eigenvalue weighted by atomic mass is 10.2. The molecule has 1 saturated heterocycles. The largest absolute Gasteiger partial charge is 0.457 e. The number of carbonyl (C=O) groups excluding carboxylic acids is 1. The first-order valence-corrected chi connectivity index (χ1v) is 7.61. The number of amides is 1. The second-order valence-corrected chi connectivity index (χ2v) is 6.27. The van der Waals surface area contributed by atoms with Gasteiger partial charge in [0.15, 0.2) is 0 Å². The van der Waals surface area contributed by atoms with Crippen LogP contribution in [0.25, 0.3) is 0 Å². The lowest BCUT2D eigenvalue weighted by Gasteiger charge is -2.16. The highest BCUT2D eigenvalue weighted by atomic mass is 79.9. The third-order valence-corrected chi connectivity index (χ3v) is 3.96. The van der Waals surface area contributed by atoms with Crippen LogP contribution in [0.5, 0.6) is 11.5 Å². The predicted octanol–water partition coefficient (Wildman–Crippen LogP) is 3.56. The Balaban J connectivity index is 1.72. The first kappa shape index (κ1) is 13.9. The maximum absolute atomic E-state index is 11.8. The molecule has 0 aliphatic carbocycles. The summed E-state index contributed by atoms with van der Waals surface area (Å²) in [6.45, 7) is 0.705. The summed E-state index contributed by atoms with van der Waals surface area (Å²) in [5, 5.41) is 0. The Morgan fingerprint density at radius 1 is 1.05 bits per heavy atom. The lowest BCUT2D eigenvalue weighted by molar-refractivity contribution is -0.117. The van der Waals surface area contributed by atoms with Crippen molar-refractivity contribution in [2.45, 2.75) is 11.2 Å². The van der Waals surface area contributed by atoms with Crippen LogP contribution in [0.15, 0.2) is 48.5 Å². The van der Waals surface area contributed by atoms with Crippen molar-refractivity contribution in [3.8, 4) is 11.5 Å². The van der Waals surface area contributed by atoms with Gasteiger partial charge in [0, 0.05) is 29.2 Å². The molecule has 0 aromatic heterocycles. The van der Waals surface area contributed by atoms with Crippen LogP contribution in [0.3, 0.4) is 0 Å². The molecule has 4 nitrogen and oxygen atoms in total. The fourth-order valence-electron chi connectivity index (χ4n) is 2.28. The minimum atomic E-state index is 0.143. The average Bonchev–Trinajstić information content (AvgIpc) is 2.81. The molecule has 21 heavy (non-hydrogen) atoms. The number of anilines is 2. The number of nitrogens with two attached hydrogens (primary N) is 1. The topological polar surface area (TPSA) is 55.6 Å². The minimum Gasteiger partial charge on any atom is -0.457 e.